The van der Waals surface area contributed by atoms with Crippen molar-refractivity contribution in [3.05, 3.63) is 63.9 Å². The fourth-order valence-electron chi connectivity index (χ4n) is 2.17. The van der Waals surface area contributed by atoms with E-state index in [0.29, 0.717) is 15.4 Å². The van der Waals surface area contributed by atoms with Gasteiger partial charge in [-0.3, -0.25) is 4.79 Å². The number of halogens is 1. The van der Waals surface area contributed by atoms with E-state index in [0.717, 1.165) is 16.8 Å². The van der Waals surface area contributed by atoms with Crippen molar-refractivity contribution >= 4 is 39.1 Å². The highest BCUT2D eigenvalue weighted by atomic mass is 35.5. The van der Waals surface area contributed by atoms with Crippen LogP contribution in [-0.2, 0) is 6.54 Å². The highest BCUT2D eigenvalue weighted by Crippen LogP contribution is 2.21. The number of aryl methyl sites for hydroxylation is 1. The Morgan fingerprint density at radius 3 is 2.71 bits per heavy atom. The fourth-order valence-corrected chi connectivity index (χ4v) is 3.54. The lowest BCUT2D eigenvalue weighted by Gasteiger charge is -2.00. The highest BCUT2D eigenvalue weighted by Gasteiger charge is 2.08. The van der Waals surface area contributed by atoms with Gasteiger partial charge in [-0.2, -0.15) is 4.99 Å². The van der Waals surface area contributed by atoms with Crippen LogP contribution in [0.4, 0.5) is 0 Å². The van der Waals surface area contributed by atoms with Gasteiger partial charge < -0.3 is 4.57 Å². The van der Waals surface area contributed by atoms with Crippen molar-refractivity contribution in [2.24, 2.45) is 4.99 Å². The number of benzene rings is 2. The molecule has 0 bridgehead atoms. The third-order valence-electron chi connectivity index (χ3n) is 3.18. The average Bonchev–Trinajstić information content (AvgIpc) is 2.84. The minimum absolute atomic E-state index is 0.226. The molecule has 0 aliphatic heterocycles. The van der Waals surface area contributed by atoms with Crippen LogP contribution in [0.2, 0.25) is 5.02 Å². The molecule has 3 nitrogen and oxygen atoms in total. The maximum atomic E-state index is 12.2. The first-order chi connectivity index (χ1) is 10.2. The quantitative estimate of drug-likeness (QED) is 0.700. The first-order valence-corrected chi connectivity index (χ1v) is 7.81. The summed E-state index contributed by atoms with van der Waals surface area (Å²) < 4.78 is 3.06. The molecule has 0 spiro atoms. The van der Waals surface area contributed by atoms with Crippen LogP contribution in [0.25, 0.3) is 10.2 Å². The molecule has 0 saturated carbocycles. The largest absolute Gasteiger partial charge is 0.317 e. The summed E-state index contributed by atoms with van der Waals surface area (Å²) in [4.78, 5) is 17.2. The van der Waals surface area contributed by atoms with Gasteiger partial charge in [0.1, 0.15) is 0 Å². The van der Waals surface area contributed by atoms with E-state index in [9.17, 15) is 4.79 Å². The van der Waals surface area contributed by atoms with Gasteiger partial charge in [0.15, 0.2) is 4.80 Å². The molecule has 1 heterocycles. The molecule has 0 aliphatic rings. The molecule has 0 atom stereocenters. The van der Waals surface area contributed by atoms with Crippen LogP contribution in [0, 0.1) is 0 Å². The molecule has 106 valence electrons. The molecule has 0 unspecified atom stereocenters. The third kappa shape index (κ3) is 2.77. The van der Waals surface area contributed by atoms with E-state index in [1.807, 2.05) is 47.9 Å². The van der Waals surface area contributed by atoms with Crippen molar-refractivity contribution < 1.29 is 4.79 Å². The topological polar surface area (TPSA) is 34.4 Å². The van der Waals surface area contributed by atoms with Crippen LogP contribution >= 0.6 is 22.9 Å². The number of hydrogen-bond acceptors (Lipinski definition) is 2. The Hall–Kier alpha value is -1.91. The molecule has 5 heteroatoms. The summed E-state index contributed by atoms with van der Waals surface area (Å²) in [6.45, 7) is 2.79. The fraction of sp³-hybridized carbons (Fsp3) is 0.125. The van der Waals surface area contributed by atoms with E-state index >= 15 is 0 Å². The molecule has 0 saturated heterocycles. The van der Waals surface area contributed by atoms with Crippen molar-refractivity contribution in [3.63, 3.8) is 0 Å². The van der Waals surface area contributed by atoms with E-state index in [4.69, 9.17) is 11.6 Å². The van der Waals surface area contributed by atoms with Gasteiger partial charge in [0, 0.05) is 17.1 Å². The maximum Gasteiger partial charge on any atom is 0.279 e. The maximum absolute atomic E-state index is 12.2. The Labute approximate surface area is 131 Å². The first kappa shape index (κ1) is 14.0. The van der Waals surface area contributed by atoms with Crippen LogP contribution < -0.4 is 4.80 Å². The van der Waals surface area contributed by atoms with E-state index in [-0.39, 0.29) is 5.91 Å². The lowest BCUT2D eigenvalue weighted by Crippen LogP contribution is -2.15. The minimum atomic E-state index is -0.226. The SMILES string of the molecule is CCn1c(=NC(=O)c2ccccc2)sc2cc(Cl)ccc21. The summed E-state index contributed by atoms with van der Waals surface area (Å²) in [6.07, 6.45) is 0. The average molecular weight is 317 g/mol. The monoisotopic (exact) mass is 316 g/mol. The van der Waals surface area contributed by atoms with Crippen LogP contribution in [0.15, 0.2) is 53.5 Å². The van der Waals surface area contributed by atoms with Crippen molar-refractivity contribution in [3.8, 4) is 0 Å². The normalized spacial score (nSPS) is 12.0. The van der Waals surface area contributed by atoms with Crippen molar-refractivity contribution in [1.29, 1.82) is 0 Å². The number of fused-ring (bicyclic) bond motifs is 1. The van der Waals surface area contributed by atoms with E-state index in [1.54, 1.807) is 12.1 Å². The standard InChI is InChI=1S/C16H13ClN2OS/c1-2-19-13-9-8-12(17)10-14(13)21-16(19)18-15(20)11-6-4-3-5-7-11/h3-10H,2H2,1H3. The Morgan fingerprint density at radius 2 is 2.00 bits per heavy atom. The van der Waals surface area contributed by atoms with Crippen LogP contribution in [-0.4, -0.2) is 10.5 Å². The molecular weight excluding hydrogens is 304 g/mol. The number of aromatic nitrogens is 1. The lowest BCUT2D eigenvalue weighted by atomic mass is 10.2. The van der Waals surface area contributed by atoms with E-state index in [1.165, 1.54) is 11.3 Å². The number of carbonyl (C=O) groups is 1. The molecule has 1 aromatic heterocycles. The van der Waals surface area contributed by atoms with E-state index < -0.39 is 0 Å². The number of rotatable bonds is 2. The molecule has 0 radical (unpaired) electrons. The minimum Gasteiger partial charge on any atom is -0.317 e. The van der Waals surface area contributed by atoms with Gasteiger partial charge in [0.25, 0.3) is 5.91 Å². The molecule has 1 amide bonds. The first-order valence-electron chi connectivity index (χ1n) is 6.62. The lowest BCUT2D eigenvalue weighted by molar-refractivity contribution is 0.0998. The predicted octanol–water partition coefficient (Wildman–Crippen LogP) is 4.12. The second-order valence-electron chi connectivity index (χ2n) is 4.52. The summed E-state index contributed by atoms with van der Waals surface area (Å²) in [7, 11) is 0. The van der Waals surface area contributed by atoms with Crippen LogP contribution in [0.5, 0.6) is 0 Å². The van der Waals surface area contributed by atoms with Gasteiger partial charge in [-0.15, -0.1) is 0 Å². The summed E-state index contributed by atoms with van der Waals surface area (Å²) >= 11 is 7.50. The predicted molar refractivity (Wildman–Crippen MR) is 86.8 cm³/mol. The van der Waals surface area contributed by atoms with Gasteiger partial charge in [-0.25, -0.2) is 0 Å². The molecular formula is C16H13ClN2OS. The van der Waals surface area contributed by atoms with Gasteiger partial charge in [0.2, 0.25) is 0 Å². The Bertz CT molecular complexity index is 865. The van der Waals surface area contributed by atoms with Crippen molar-refractivity contribution in [2.75, 3.05) is 0 Å². The number of carbonyl (C=O) groups excluding carboxylic acids is 1. The summed E-state index contributed by atoms with van der Waals surface area (Å²) in [5.74, 6) is -0.226. The van der Waals surface area contributed by atoms with Crippen LogP contribution in [0.1, 0.15) is 17.3 Å². The molecule has 0 aliphatic carbocycles. The number of nitrogens with zero attached hydrogens (tertiary/aromatic N) is 2. The molecule has 0 N–H and O–H groups in total. The zero-order valence-corrected chi connectivity index (χ0v) is 13.0. The summed E-state index contributed by atoms with van der Waals surface area (Å²) in [6, 6.07) is 14.8. The summed E-state index contributed by atoms with van der Waals surface area (Å²) in [5, 5.41) is 0.688. The molecule has 21 heavy (non-hydrogen) atoms. The van der Waals surface area contributed by atoms with E-state index in [2.05, 4.69) is 4.99 Å². The highest BCUT2D eigenvalue weighted by molar-refractivity contribution is 7.16. The molecule has 3 aromatic rings. The number of hydrogen-bond donors (Lipinski definition) is 0. The zero-order chi connectivity index (χ0) is 14.8. The molecule has 0 fully saturated rings. The third-order valence-corrected chi connectivity index (χ3v) is 4.46. The molecule has 3 rings (SSSR count). The smallest absolute Gasteiger partial charge is 0.279 e. The van der Waals surface area contributed by atoms with Gasteiger partial charge in [-0.1, -0.05) is 41.1 Å². The van der Waals surface area contributed by atoms with Crippen molar-refractivity contribution in [2.45, 2.75) is 13.5 Å². The second kappa shape index (κ2) is 5.84. The Balaban J connectivity index is 2.15. The second-order valence-corrected chi connectivity index (χ2v) is 5.97. The molecule has 2 aromatic carbocycles. The van der Waals surface area contributed by atoms with Gasteiger partial charge in [0.05, 0.1) is 10.2 Å². The van der Waals surface area contributed by atoms with Crippen molar-refractivity contribution in [1.82, 2.24) is 4.57 Å². The van der Waals surface area contributed by atoms with Gasteiger partial charge >= 0.3 is 0 Å². The summed E-state index contributed by atoms with van der Waals surface area (Å²) in [5.41, 5.74) is 1.64. The van der Waals surface area contributed by atoms with Crippen LogP contribution in [0.3, 0.4) is 0 Å². The number of thiazole rings is 1. The number of amides is 1. The van der Waals surface area contributed by atoms with Gasteiger partial charge in [-0.05, 0) is 37.3 Å². The Kier molecular flexibility index (Phi) is 3.90. The Morgan fingerprint density at radius 1 is 1.24 bits per heavy atom. The zero-order valence-electron chi connectivity index (χ0n) is 11.4.